The Morgan fingerprint density at radius 2 is 1.96 bits per heavy atom. The lowest BCUT2D eigenvalue weighted by Gasteiger charge is -2.33. The van der Waals surface area contributed by atoms with Crippen molar-refractivity contribution in [3.8, 4) is 0 Å². The van der Waals surface area contributed by atoms with Crippen molar-refractivity contribution in [2.24, 2.45) is 0 Å². The van der Waals surface area contributed by atoms with Gasteiger partial charge in [0.25, 0.3) is 0 Å². The summed E-state index contributed by atoms with van der Waals surface area (Å²) in [6.45, 7) is 2.09. The summed E-state index contributed by atoms with van der Waals surface area (Å²) in [5.74, 6) is 1.17. The maximum absolute atomic E-state index is 4.70. The average Bonchev–Trinajstić information content (AvgIpc) is 3.29. The number of nitrogens with zero attached hydrogens (tertiary/aromatic N) is 5. The number of rotatable bonds is 2. The van der Waals surface area contributed by atoms with Crippen LogP contribution in [0, 0.1) is 0 Å². The molecule has 3 aromatic heterocycles. The van der Waals surface area contributed by atoms with Crippen molar-refractivity contribution >= 4 is 27.4 Å². The maximum Gasteiger partial charge on any atom is 0.141 e. The Hall–Kier alpha value is -1.95. The third kappa shape index (κ3) is 2.32. The third-order valence-electron chi connectivity index (χ3n) is 5.39. The summed E-state index contributed by atoms with van der Waals surface area (Å²) >= 11 is 1.88. The van der Waals surface area contributed by atoms with Gasteiger partial charge in [-0.1, -0.05) is 0 Å². The molecular weight excluding hydrogens is 318 g/mol. The summed E-state index contributed by atoms with van der Waals surface area (Å²) < 4.78 is 2.11. The normalized spacial score (nSPS) is 18.9. The highest BCUT2D eigenvalue weighted by Gasteiger charge is 2.26. The molecule has 0 aromatic carbocycles. The lowest BCUT2D eigenvalue weighted by Crippen LogP contribution is -2.35. The van der Waals surface area contributed by atoms with Gasteiger partial charge < -0.3 is 4.90 Å². The summed E-state index contributed by atoms with van der Waals surface area (Å²) in [5.41, 5.74) is 1.53. The van der Waals surface area contributed by atoms with E-state index in [1.807, 2.05) is 23.6 Å². The van der Waals surface area contributed by atoms with Gasteiger partial charge in [0.2, 0.25) is 0 Å². The number of fused-ring (bicyclic) bond motifs is 3. The summed E-state index contributed by atoms with van der Waals surface area (Å²) in [7, 11) is 0. The molecular formula is C18H21N5S. The summed E-state index contributed by atoms with van der Waals surface area (Å²) in [5, 5.41) is 5.75. The molecule has 0 spiro atoms. The maximum atomic E-state index is 4.70. The summed E-state index contributed by atoms with van der Waals surface area (Å²) in [6, 6.07) is 2.53. The van der Waals surface area contributed by atoms with Crippen LogP contribution in [-0.4, -0.2) is 32.8 Å². The molecule has 4 heterocycles. The van der Waals surface area contributed by atoms with Crippen LogP contribution in [0.15, 0.2) is 24.8 Å². The van der Waals surface area contributed by atoms with Crippen LogP contribution in [0.2, 0.25) is 0 Å². The lowest BCUT2D eigenvalue weighted by atomic mass is 9.96. The van der Waals surface area contributed by atoms with Gasteiger partial charge in [0.05, 0.1) is 11.4 Å². The largest absolute Gasteiger partial charge is 0.356 e. The Morgan fingerprint density at radius 3 is 2.79 bits per heavy atom. The second-order valence-corrected chi connectivity index (χ2v) is 7.88. The highest BCUT2D eigenvalue weighted by atomic mass is 32.1. The quantitative estimate of drug-likeness (QED) is 0.715. The third-order valence-corrected chi connectivity index (χ3v) is 6.59. The molecule has 1 fully saturated rings. The molecule has 2 aliphatic rings. The van der Waals surface area contributed by atoms with Crippen LogP contribution < -0.4 is 4.90 Å². The van der Waals surface area contributed by atoms with E-state index >= 15 is 0 Å². The Balaban J connectivity index is 1.46. The molecule has 0 N–H and O–H groups in total. The zero-order valence-electron chi connectivity index (χ0n) is 13.7. The van der Waals surface area contributed by atoms with E-state index in [1.165, 1.54) is 47.3 Å². The van der Waals surface area contributed by atoms with E-state index in [4.69, 9.17) is 4.98 Å². The van der Waals surface area contributed by atoms with Crippen LogP contribution in [0.1, 0.15) is 42.2 Å². The van der Waals surface area contributed by atoms with Crippen molar-refractivity contribution in [2.75, 3.05) is 18.0 Å². The van der Waals surface area contributed by atoms with E-state index in [1.54, 1.807) is 11.2 Å². The average molecular weight is 339 g/mol. The highest BCUT2D eigenvalue weighted by Crippen LogP contribution is 2.40. The van der Waals surface area contributed by atoms with Gasteiger partial charge in [0.15, 0.2) is 0 Å². The number of aromatic nitrogens is 4. The van der Waals surface area contributed by atoms with Gasteiger partial charge in [-0.25, -0.2) is 9.97 Å². The molecule has 1 saturated heterocycles. The molecule has 5 rings (SSSR count). The first kappa shape index (κ1) is 14.4. The van der Waals surface area contributed by atoms with E-state index in [0.717, 1.165) is 25.9 Å². The Kier molecular flexibility index (Phi) is 3.51. The van der Waals surface area contributed by atoms with E-state index < -0.39 is 0 Å². The van der Waals surface area contributed by atoms with E-state index in [0.29, 0.717) is 6.04 Å². The van der Waals surface area contributed by atoms with Crippen LogP contribution in [-0.2, 0) is 12.8 Å². The number of thiophene rings is 1. The van der Waals surface area contributed by atoms with Gasteiger partial charge in [-0.2, -0.15) is 5.10 Å². The zero-order valence-corrected chi connectivity index (χ0v) is 14.5. The first-order valence-corrected chi connectivity index (χ1v) is 9.71. The minimum absolute atomic E-state index is 0.518. The van der Waals surface area contributed by atoms with E-state index in [-0.39, 0.29) is 0 Å². The summed E-state index contributed by atoms with van der Waals surface area (Å²) in [6.07, 6.45) is 13.0. The minimum Gasteiger partial charge on any atom is -0.356 e. The fourth-order valence-corrected chi connectivity index (χ4v) is 5.38. The number of piperidine rings is 1. The monoisotopic (exact) mass is 339 g/mol. The van der Waals surface area contributed by atoms with Crippen molar-refractivity contribution in [3.63, 3.8) is 0 Å². The molecule has 124 valence electrons. The molecule has 1 aliphatic heterocycles. The Bertz CT molecular complexity index is 846. The molecule has 24 heavy (non-hydrogen) atoms. The SMILES string of the molecule is c1cnn(C2CCN(c3ncnc4sc5c(c34)CCCC5)CC2)c1. The molecule has 0 bridgehead atoms. The Morgan fingerprint density at radius 1 is 1.08 bits per heavy atom. The first-order chi connectivity index (χ1) is 11.9. The van der Waals surface area contributed by atoms with Gasteiger partial charge in [0.1, 0.15) is 17.0 Å². The second-order valence-electron chi connectivity index (χ2n) is 6.79. The van der Waals surface area contributed by atoms with Gasteiger partial charge in [-0.05, 0) is 50.2 Å². The molecule has 0 saturated carbocycles. The topological polar surface area (TPSA) is 46.8 Å². The van der Waals surface area contributed by atoms with Crippen molar-refractivity contribution in [3.05, 3.63) is 35.2 Å². The molecule has 1 aliphatic carbocycles. The number of anilines is 1. The smallest absolute Gasteiger partial charge is 0.141 e. The Labute approximate surface area is 145 Å². The van der Waals surface area contributed by atoms with Gasteiger partial charge in [-0.15, -0.1) is 11.3 Å². The molecule has 6 heteroatoms. The number of aryl methyl sites for hydroxylation is 2. The number of hydrogen-bond acceptors (Lipinski definition) is 5. The van der Waals surface area contributed by atoms with Crippen LogP contribution >= 0.6 is 11.3 Å². The molecule has 5 nitrogen and oxygen atoms in total. The van der Waals surface area contributed by atoms with Crippen LogP contribution in [0.5, 0.6) is 0 Å². The molecule has 3 aromatic rings. The van der Waals surface area contributed by atoms with Crippen LogP contribution in [0.25, 0.3) is 10.2 Å². The van der Waals surface area contributed by atoms with Crippen molar-refractivity contribution in [1.82, 2.24) is 19.7 Å². The van der Waals surface area contributed by atoms with Gasteiger partial charge >= 0.3 is 0 Å². The van der Waals surface area contributed by atoms with Gasteiger partial charge in [0, 0.05) is 30.4 Å². The number of hydrogen-bond donors (Lipinski definition) is 0. The van der Waals surface area contributed by atoms with E-state index in [2.05, 4.69) is 25.9 Å². The van der Waals surface area contributed by atoms with Gasteiger partial charge in [-0.3, -0.25) is 4.68 Å². The van der Waals surface area contributed by atoms with E-state index in [9.17, 15) is 0 Å². The predicted octanol–water partition coefficient (Wildman–Crippen LogP) is 3.61. The predicted molar refractivity (Wildman–Crippen MR) is 96.8 cm³/mol. The zero-order chi connectivity index (χ0) is 15.9. The first-order valence-electron chi connectivity index (χ1n) is 8.89. The van der Waals surface area contributed by atoms with Crippen LogP contribution in [0.3, 0.4) is 0 Å². The molecule has 0 radical (unpaired) electrons. The second kappa shape index (κ2) is 5.84. The van der Waals surface area contributed by atoms with Crippen LogP contribution in [0.4, 0.5) is 5.82 Å². The van der Waals surface area contributed by atoms with Crippen molar-refractivity contribution < 1.29 is 0 Å². The highest BCUT2D eigenvalue weighted by molar-refractivity contribution is 7.19. The fourth-order valence-electron chi connectivity index (χ4n) is 4.15. The molecule has 0 unspecified atom stereocenters. The van der Waals surface area contributed by atoms with Crippen molar-refractivity contribution in [1.29, 1.82) is 0 Å². The standard InChI is InChI=1S/C18H21N5S/c1-2-5-15-14(4-1)16-17(19-12-20-18(16)24-15)22-10-6-13(7-11-22)23-9-3-8-21-23/h3,8-9,12-13H,1-2,4-7,10-11H2. The minimum atomic E-state index is 0.518. The summed E-state index contributed by atoms with van der Waals surface area (Å²) in [4.78, 5) is 14.5. The fraction of sp³-hybridized carbons (Fsp3) is 0.500. The lowest BCUT2D eigenvalue weighted by molar-refractivity contribution is 0.366. The molecule has 0 amide bonds. The molecule has 0 atom stereocenters. The van der Waals surface area contributed by atoms with Crippen molar-refractivity contribution in [2.45, 2.75) is 44.6 Å².